The molecule has 0 rings (SSSR count). The molecule has 2 heteroatoms. The first-order valence-corrected chi connectivity index (χ1v) is 4.50. The van der Waals surface area contributed by atoms with Crippen LogP contribution in [0, 0.1) is 5.92 Å². The summed E-state index contributed by atoms with van der Waals surface area (Å²) in [7, 11) is 1.59. The Bertz CT molecular complexity index is 161. The highest BCUT2D eigenvalue weighted by Crippen LogP contribution is 2.08. The van der Waals surface area contributed by atoms with Gasteiger partial charge >= 0.3 is 0 Å². The van der Waals surface area contributed by atoms with Crippen LogP contribution in [0.15, 0.2) is 17.3 Å². The summed E-state index contributed by atoms with van der Waals surface area (Å²) in [6.07, 6.45) is 6.34. The molecule has 1 unspecified atom stereocenters. The second-order valence-electron chi connectivity index (χ2n) is 2.89. The molecule has 0 aromatic carbocycles. The fraction of sp³-hybridized carbons (Fsp3) is 0.700. The van der Waals surface area contributed by atoms with Crippen molar-refractivity contribution in [3.8, 4) is 0 Å². The molecule has 0 aliphatic heterocycles. The van der Waals surface area contributed by atoms with Crippen molar-refractivity contribution in [2.75, 3.05) is 7.11 Å². The van der Waals surface area contributed by atoms with E-state index < -0.39 is 0 Å². The van der Waals surface area contributed by atoms with Crippen LogP contribution < -0.4 is 0 Å². The summed E-state index contributed by atoms with van der Waals surface area (Å²) in [5.74, 6) is 0.492. The molecule has 0 radical (unpaired) electrons. The van der Waals surface area contributed by atoms with Crippen LogP contribution in [-0.2, 0) is 4.84 Å². The summed E-state index contributed by atoms with van der Waals surface area (Å²) >= 11 is 0. The van der Waals surface area contributed by atoms with E-state index in [0.29, 0.717) is 5.92 Å². The van der Waals surface area contributed by atoms with Crippen molar-refractivity contribution >= 4 is 5.71 Å². The number of allylic oxidation sites excluding steroid dienone is 2. The first-order valence-electron chi connectivity index (χ1n) is 4.50. The topological polar surface area (TPSA) is 21.6 Å². The van der Waals surface area contributed by atoms with Crippen molar-refractivity contribution in [3.05, 3.63) is 12.2 Å². The highest BCUT2D eigenvalue weighted by molar-refractivity contribution is 5.96. The van der Waals surface area contributed by atoms with Gasteiger partial charge in [0.25, 0.3) is 0 Å². The number of rotatable bonds is 5. The number of hydrogen-bond acceptors (Lipinski definition) is 2. The lowest BCUT2D eigenvalue weighted by Crippen LogP contribution is -2.08. The smallest absolute Gasteiger partial charge is 0.106 e. The Hall–Kier alpha value is -0.790. The third kappa shape index (κ3) is 4.16. The molecule has 0 saturated heterocycles. The predicted molar refractivity (Wildman–Crippen MR) is 53.3 cm³/mol. The van der Waals surface area contributed by atoms with E-state index in [1.54, 1.807) is 7.11 Å². The fourth-order valence-corrected chi connectivity index (χ4v) is 1.14. The van der Waals surface area contributed by atoms with Gasteiger partial charge in [0.2, 0.25) is 0 Å². The van der Waals surface area contributed by atoms with Gasteiger partial charge in [-0.1, -0.05) is 31.5 Å². The third-order valence-electron chi connectivity index (χ3n) is 1.76. The molecular formula is C10H19NO. The maximum atomic E-state index is 4.76. The largest absolute Gasteiger partial charge is 0.399 e. The van der Waals surface area contributed by atoms with Gasteiger partial charge in [0.05, 0.1) is 5.71 Å². The van der Waals surface area contributed by atoms with Gasteiger partial charge in [0, 0.05) is 5.92 Å². The zero-order chi connectivity index (χ0) is 9.40. The average Bonchev–Trinajstić information content (AvgIpc) is 2.04. The predicted octanol–water partition coefficient (Wildman–Crippen LogP) is 3.00. The molecule has 70 valence electrons. The molecule has 0 aromatic heterocycles. The summed E-state index contributed by atoms with van der Waals surface area (Å²) < 4.78 is 0. The minimum Gasteiger partial charge on any atom is -0.399 e. The van der Waals surface area contributed by atoms with Crippen LogP contribution in [0.1, 0.15) is 33.6 Å². The van der Waals surface area contributed by atoms with Gasteiger partial charge in [-0.15, -0.1) is 0 Å². The van der Waals surface area contributed by atoms with E-state index in [-0.39, 0.29) is 0 Å². The summed E-state index contributed by atoms with van der Waals surface area (Å²) in [6.45, 7) is 6.34. The maximum absolute atomic E-state index is 4.76. The number of nitrogens with zero attached hydrogens (tertiary/aromatic N) is 1. The molecule has 0 amide bonds. The molecule has 0 aliphatic rings. The third-order valence-corrected chi connectivity index (χ3v) is 1.76. The van der Waals surface area contributed by atoms with E-state index in [1.165, 1.54) is 6.42 Å². The quantitative estimate of drug-likeness (QED) is 0.458. The van der Waals surface area contributed by atoms with E-state index in [9.17, 15) is 0 Å². The number of hydrogen-bond donors (Lipinski definition) is 0. The van der Waals surface area contributed by atoms with Crippen LogP contribution in [0.25, 0.3) is 0 Å². The van der Waals surface area contributed by atoms with Gasteiger partial charge in [0.15, 0.2) is 0 Å². The van der Waals surface area contributed by atoms with E-state index in [0.717, 1.165) is 12.1 Å². The molecule has 0 bridgehead atoms. The Kier molecular flexibility index (Phi) is 6.44. The van der Waals surface area contributed by atoms with Crippen LogP contribution in [-0.4, -0.2) is 12.8 Å². The minimum absolute atomic E-state index is 0.492. The van der Waals surface area contributed by atoms with Gasteiger partial charge in [-0.2, -0.15) is 0 Å². The summed E-state index contributed by atoms with van der Waals surface area (Å²) in [5, 5.41) is 3.96. The van der Waals surface area contributed by atoms with E-state index in [4.69, 9.17) is 4.84 Å². The lowest BCUT2D eigenvalue weighted by molar-refractivity contribution is 0.211. The molecule has 2 nitrogen and oxygen atoms in total. The second kappa shape index (κ2) is 6.89. The van der Waals surface area contributed by atoms with E-state index in [2.05, 4.69) is 19.0 Å². The molecule has 0 N–H and O–H groups in total. The molecule has 0 aliphatic carbocycles. The summed E-state index contributed by atoms with van der Waals surface area (Å²) in [6, 6.07) is 0. The molecule has 0 fully saturated rings. The van der Waals surface area contributed by atoms with Crippen LogP contribution in [0.4, 0.5) is 0 Å². The van der Waals surface area contributed by atoms with Crippen molar-refractivity contribution in [2.45, 2.75) is 33.6 Å². The first-order chi connectivity index (χ1) is 5.76. The van der Waals surface area contributed by atoms with Crippen molar-refractivity contribution in [3.63, 3.8) is 0 Å². The molecular weight excluding hydrogens is 150 g/mol. The zero-order valence-corrected chi connectivity index (χ0v) is 8.50. The fourth-order valence-electron chi connectivity index (χ4n) is 1.14. The molecule has 0 heterocycles. The molecule has 12 heavy (non-hydrogen) atoms. The van der Waals surface area contributed by atoms with Gasteiger partial charge in [-0.05, 0) is 19.4 Å². The van der Waals surface area contributed by atoms with Crippen LogP contribution >= 0.6 is 0 Å². The lowest BCUT2D eigenvalue weighted by Gasteiger charge is -2.08. The van der Waals surface area contributed by atoms with Gasteiger partial charge < -0.3 is 4.84 Å². The lowest BCUT2D eigenvalue weighted by atomic mass is 10.00. The van der Waals surface area contributed by atoms with E-state index >= 15 is 0 Å². The zero-order valence-electron chi connectivity index (χ0n) is 8.50. The van der Waals surface area contributed by atoms with Gasteiger partial charge in [-0.3, -0.25) is 0 Å². The van der Waals surface area contributed by atoms with Crippen molar-refractivity contribution in [1.29, 1.82) is 0 Å². The Labute approximate surface area is 75.3 Å². The van der Waals surface area contributed by atoms with Crippen LogP contribution in [0.2, 0.25) is 0 Å². The summed E-state index contributed by atoms with van der Waals surface area (Å²) in [5.41, 5.74) is 1.03. The van der Waals surface area contributed by atoms with Crippen LogP contribution in [0.5, 0.6) is 0 Å². The van der Waals surface area contributed by atoms with E-state index in [1.807, 2.05) is 19.1 Å². The maximum Gasteiger partial charge on any atom is 0.106 e. The Morgan fingerprint density at radius 2 is 2.25 bits per heavy atom. The standard InChI is InChI=1S/C10H19NO/c1-5-7-9(3)10(8-6-2)11-12-4/h6,8-9H,5,7H2,1-4H3/b8-6-,11-10+. The summed E-state index contributed by atoms with van der Waals surface area (Å²) in [4.78, 5) is 4.76. The molecule has 0 saturated carbocycles. The second-order valence-corrected chi connectivity index (χ2v) is 2.89. The highest BCUT2D eigenvalue weighted by atomic mass is 16.6. The van der Waals surface area contributed by atoms with Gasteiger partial charge in [-0.25, -0.2) is 0 Å². The van der Waals surface area contributed by atoms with Crippen molar-refractivity contribution in [2.24, 2.45) is 11.1 Å². The normalized spacial score (nSPS) is 15.2. The van der Waals surface area contributed by atoms with Crippen LogP contribution in [0.3, 0.4) is 0 Å². The Morgan fingerprint density at radius 3 is 2.67 bits per heavy atom. The molecule has 0 aromatic rings. The monoisotopic (exact) mass is 169 g/mol. The number of oxime groups is 1. The minimum atomic E-state index is 0.492. The Balaban J connectivity index is 4.19. The van der Waals surface area contributed by atoms with Crippen molar-refractivity contribution < 1.29 is 4.84 Å². The SMILES string of the molecule is C/C=C\C(=N/OC)C(C)CCC. The van der Waals surface area contributed by atoms with Crippen molar-refractivity contribution in [1.82, 2.24) is 0 Å². The van der Waals surface area contributed by atoms with Gasteiger partial charge in [0.1, 0.15) is 7.11 Å². The Morgan fingerprint density at radius 1 is 1.58 bits per heavy atom. The molecule has 1 atom stereocenters. The highest BCUT2D eigenvalue weighted by Gasteiger charge is 2.06. The average molecular weight is 169 g/mol. The first kappa shape index (κ1) is 11.2. The molecule has 0 spiro atoms.